The zero-order chi connectivity index (χ0) is 11.5. The monoisotopic (exact) mass is 284 g/mol. The van der Waals surface area contributed by atoms with Gasteiger partial charge in [0.1, 0.15) is 0 Å². The van der Waals surface area contributed by atoms with Crippen molar-refractivity contribution < 1.29 is 8.42 Å². The first-order valence-corrected chi connectivity index (χ1v) is 6.73. The summed E-state index contributed by atoms with van der Waals surface area (Å²) in [7, 11) is -3.56. The first kappa shape index (κ1) is 12.8. The van der Waals surface area contributed by atoms with Gasteiger partial charge in [-0.3, -0.25) is 0 Å². The van der Waals surface area contributed by atoms with Gasteiger partial charge in [-0.2, -0.15) is 0 Å². The molecule has 0 radical (unpaired) electrons. The Kier molecular flexibility index (Phi) is 4.46. The first-order chi connectivity index (χ1) is 6.97. The minimum absolute atomic E-state index is 0.0157. The highest BCUT2D eigenvalue weighted by Crippen LogP contribution is 2.26. The first-order valence-electron chi connectivity index (χ1n) is 3.90. The highest BCUT2D eigenvalue weighted by Gasteiger charge is 2.14. The highest BCUT2D eigenvalue weighted by atomic mass is 35.5. The molecule has 6 heteroatoms. The number of halogens is 3. The molecule has 0 amide bonds. The molecule has 0 heterocycles. The van der Waals surface area contributed by atoms with Crippen molar-refractivity contribution in [1.29, 1.82) is 0 Å². The zero-order valence-corrected chi connectivity index (χ0v) is 10.5. The Balaban J connectivity index is 3.27. The third-order valence-corrected chi connectivity index (χ3v) is 3.92. The van der Waals surface area contributed by atoms with Crippen molar-refractivity contribution in [2.24, 2.45) is 0 Å². The molecule has 1 rings (SSSR count). The number of rotatable bonds is 3. The summed E-state index contributed by atoms with van der Waals surface area (Å²) in [6, 6.07) is 4.26. The predicted molar refractivity (Wildman–Crippen MR) is 63.5 cm³/mol. The molecule has 0 saturated carbocycles. The molecule has 0 aromatic heterocycles. The van der Waals surface area contributed by atoms with Crippen LogP contribution >= 0.6 is 34.8 Å². The standard InChI is InChI=1S/C9H7Cl3O2S/c10-4-1-5-15(13,14)9-6-7(11)2-3-8(9)12/h1-3,5-6H,4H2/b5-1+. The molecule has 0 fully saturated rings. The molecule has 82 valence electrons. The number of alkyl halides is 1. The number of sulfone groups is 1. The Morgan fingerprint density at radius 2 is 1.93 bits per heavy atom. The van der Waals surface area contributed by atoms with Crippen LogP contribution in [0.25, 0.3) is 0 Å². The fourth-order valence-corrected chi connectivity index (χ4v) is 2.93. The molecule has 0 aliphatic heterocycles. The van der Waals surface area contributed by atoms with Gasteiger partial charge in [-0.05, 0) is 18.2 Å². The van der Waals surface area contributed by atoms with Crippen LogP contribution in [0, 0.1) is 0 Å². The van der Waals surface area contributed by atoms with Crippen molar-refractivity contribution in [3.63, 3.8) is 0 Å². The minimum Gasteiger partial charge on any atom is -0.219 e. The van der Waals surface area contributed by atoms with Crippen LogP contribution in [0.4, 0.5) is 0 Å². The van der Waals surface area contributed by atoms with Crippen molar-refractivity contribution in [3.05, 3.63) is 39.7 Å². The van der Waals surface area contributed by atoms with E-state index in [1.807, 2.05) is 0 Å². The Morgan fingerprint density at radius 1 is 1.27 bits per heavy atom. The lowest BCUT2D eigenvalue weighted by Crippen LogP contribution is -1.97. The predicted octanol–water partition coefficient (Wildman–Crippen LogP) is 3.52. The van der Waals surface area contributed by atoms with Gasteiger partial charge in [-0.25, -0.2) is 8.42 Å². The average molecular weight is 286 g/mol. The van der Waals surface area contributed by atoms with Crippen LogP contribution in [0.2, 0.25) is 10.0 Å². The van der Waals surface area contributed by atoms with Crippen molar-refractivity contribution in [2.75, 3.05) is 5.88 Å². The van der Waals surface area contributed by atoms with Gasteiger partial charge >= 0.3 is 0 Å². The molecule has 0 aliphatic carbocycles. The van der Waals surface area contributed by atoms with Gasteiger partial charge < -0.3 is 0 Å². The molecule has 1 aromatic carbocycles. The SMILES string of the molecule is O=S(=O)(/C=C/CCl)c1cc(Cl)ccc1Cl. The van der Waals surface area contributed by atoms with Crippen LogP contribution in [0.15, 0.2) is 34.6 Å². The molecule has 0 aliphatic rings. The second-order valence-electron chi connectivity index (χ2n) is 2.65. The highest BCUT2D eigenvalue weighted by molar-refractivity contribution is 7.94. The van der Waals surface area contributed by atoms with Crippen LogP contribution in [0.5, 0.6) is 0 Å². The molecule has 0 spiro atoms. The van der Waals surface area contributed by atoms with E-state index in [1.54, 1.807) is 0 Å². The second-order valence-corrected chi connectivity index (χ2v) is 5.60. The second kappa shape index (κ2) is 5.21. The van der Waals surface area contributed by atoms with Crippen LogP contribution in [0.1, 0.15) is 0 Å². The summed E-state index contributed by atoms with van der Waals surface area (Å²) < 4.78 is 23.4. The van der Waals surface area contributed by atoms with Gasteiger partial charge in [0.05, 0.1) is 9.92 Å². The Hall–Kier alpha value is -0.220. The maximum Gasteiger partial charge on any atom is 0.201 e. The molecule has 0 bridgehead atoms. The van der Waals surface area contributed by atoms with E-state index in [0.29, 0.717) is 5.02 Å². The lowest BCUT2D eigenvalue weighted by molar-refractivity contribution is 0.604. The molecule has 0 N–H and O–H groups in total. The summed E-state index contributed by atoms with van der Waals surface area (Å²) in [5.74, 6) is 0.122. The number of hydrogen-bond donors (Lipinski definition) is 0. The van der Waals surface area contributed by atoms with Crippen molar-refractivity contribution in [2.45, 2.75) is 4.90 Å². The molecular weight excluding hydrogens is 279 g/mol. The quantitative estimate of drug-likeness (QED) is 0.796. The minimum atomic E-state index is -3.56. The molecule has 0 atom stereocenters. The third kappa shape index (κ3) is 3.38. The summed E-state index contributed by atoms with van der Waals surface area (Å²) in [6.45, 7) is 0. The molecule has 0 saturated heterocycles. The Morgan fingerprint density at radius 3 is 2.53 bits per heavy atom. The maximum absolute atomic E-state index is 11.7. The zero-order valence-electron chi connectivity index (χ0n) is 7.45. The molecular formula is C9H7Cl3O2S. The number of allylic oxidation sites excluding steroid dienone is 1. The van der Waals surface area contributed by atoms with Crippen LogP contribution < -0.4 is 0 Å². The average Bonchev–Trinajstić information content (AvgIpc) is 2.18. The van der Waals surface area contributed by atoms with Gasteiger partial charge in [-0.15, -0.1) is 11.6 Å². The third-order valence-electron chi connectivity index (χ3n) is 1.56. The number of hydrogen-bond acceptors (Lipinski definition) is 2. The van der Waals surface area contributed by atoms with Crippen molar-refractivity contribution in [3.8, 4) is 0 Å². The van der Waals surface area contributed by atoms with E-state index in [0.717, 1.165) is 5.41 Å². The topological polar surface area (TPSA) is 34.1 Å². The largest absolute Gasteiger partial charge is 0.219 e. The lowest BCUT2D eigenvalue weighted by atomic mass is 10.4. The van der Waals surface area contributed by atoms with Gasteiger partial charge in [0.2, 0.25) is 9.84 Å². The normalized spacial score (nSPS) is 12.2. The fourth-order valence-electron chi connectivity index (χ4n) is 0.932. The Bertz CT molecular complexity index is 480. The van der Waals surface area contributed by atoms with Gasteiger partial charge in [0.15, 0.2) is 0 Å². The molecule has 1 aromatic rings. The van der Waals surface area contributed by atoms with E-state index >= 15 is 0 Å². The van der Waals surface area contributed by atoms with E-state index in [4.69, 9.17) is 34.8 Å². The summed E-state index contributed by atoms with van der Waals surface area (Å²) in [5, 5.41) is 1.47. The smallest absolute Gasteiger partial charge is 0.201 e. The van der Waals surface area contributed by atoms with Gasteiger partial charge in [-0.1, -0.05) is 29.3 Å². The van der Waals surface area contributed by atoms with Crippen molar-refractivity contribution >= 4 is 44.6 Å². The van der Waals surface area contributed by atoms with Gasteiger partial charge in [0, 0.05) is 16.3 Å². The van der Waals surface area contributed by atoms with E-state index in [-0.39, 0.29) is 15.8 Å². The van der Waals surface area contributed by atoms with Crippen molar-refractivity contribution in [1.82, 2.24) is 0 Å². The number of benzene rings is 1. The summed E-state index contributed by atoms with van der Waals surface area (Å²) in [6.07, 6.45) is 1.33. The molecule has 2 nitrogen and oxygen atoms in total. The summed E-state index contributed by atoms with van der Waals surface area (Å²) >= 11 is 16.8. The molecule has 0 unspecified atom stereocenters. The summed E-state index contributed by atoms with van der Waals surface area (Å²) in [5.41, 5.74) is 0. The Labute approximate surface area is 103 Å². The van der Waals surface area contributed by atoms with Gasteiger partial charge in [0.25, 0.3) is 0 Å². The maximum atomic E-state index is 11.7. The van der Waals surface area contributed by atoms with Crippen LogP contribution in [-0.2, 0) is 9.84 Å². The van der Waals surface area contributed by atoms with E-state index < -0.39 is 9.84 Å². The van der Waals surface area contributed by atoms with Crippen LogP contribution in [0.3, 0.4) is 0 Å². The molecule has 15 heavy (non-hydrogen) atoms. The van der Waals surface area contributed by atoms with E-state index in [9.17, 15) is 8.42 Å². The summed E-state index contributed by atoms with van der Waals surface area (Å²) in [4.78, 5) is -0.0157. The van der Waals surface area contributed by atoms with Crippen LogP contribution in [-0.4, -0.2) is 14.3 Å². The van der Waals surface area contributed by atoms with E-state index in [2.05, 4.69) is 0 Å². The fraction of sp³-hybridized carbons (Fsp3) is 0.111. The lowest BCUT2D eigenvalue weighted by Gasteiger charge is -2.02. The van der Waals surface area contributed by atoms with E-state index in [1.165, 1.54) is 24.3 Å².